The van der Waals surface area contributed by atoms with Crippen LogP contribution in [-0.2, 0) is 0 Å². The molecule has 0 heterocycles. The number of hydrogen-bond acceptors (Lipinski definition) is 4. The molecule has 21 heavy (non-hydrogen) atoms. The fourth-order valence-electron chi connectivity index (χ4n) is 1.67. The van der Waals surface area contributed by atoms with Crippen LogP contribution in [-0.4, -0.2) is 10.7 Å². The first-order valence-electron chi connectivity index (χ1n) is 5.92. The molecular formula is C14H12F3NO2S. The van der Waals surface area contributed by atoms with Gasteiger partial charge in [0.2, 0.25) is 0 Å². The van der Waals surface area contributed by atoms with E-state index in [4.69, 9.17) is 9.94 Å². The van der Waals surface area contributed by atoms with Gasteiger partial charge in [-0.2, -0.15) is 13.2 Å². The van der Waals surface area contributed by atoms with Crippen LogP contribution in [0, 0.1) is 6.92 Å². The number of alkyl halides is 3. The fourth-order valence-corrected chi connectivity index (χ4v) is 2.21. The Balaban J connectivity index is 2.10. The van der Waals surface area contributed by atoms with Gasteiger partial charge in [0, 0.05) is 4.90 Å². The lowest BCUT2D eigenvalue weighted by Crippen LogP contribution is -1.98. The second-order valence-electron chi connectivity index (χ2n) is 4.21. The van der Waals surface area contributed by atoms with E-state index < -0.39 is 5.51 Å². The molecule has 0 aliphatic rings. The number of halogens is 3. The molecule has 0 aliphatic carbocycles. The summed E-state index contributed by atoms with van der Waals surface area (Å²) in [5.74, 6) is 1.000. The third-order valence-electron chi connectivity index (χ3n) is 2.59. The second-order valence-corrected chi connectivity index (χ2v) is 5.35. The lowest BCUT2D eigenvalue weighted by molar-refractivity contribution is -0.0328. The number of ether oxygens (including phenoxy) is 1. The van der Waals surface area contributed by atoms with E-state index in [1.807, 2.05) is 5.48 Å². The first-order chi connectivity index (χ1) is 9.87. The van der Waals surface area contributed by atoms with E-state index in [0.29, 0.717) is 17.2 Å². The zero-order valence-electron chi connectivity index (χ0n) is 10.9. The molecule has 0 saturated heterocycles. The molecule has 0 aliphatic heterocycles. The summed E-state index contributed by atoms with van der Waals surface area (Å²) in [6.45, 7) is 1.80. The summed E-state index contributed by atoms with van der Waals surface area (Å²) in [6, 6.07) is 10.6. The number of hydrogen-bond donors (Lipinski definition) is 2. The summed E-state index contributed by atoms with van der Waals surface area (Å²) in [5.41, 5.74) is -0.971. The van der Waals surface area contributed by atoms with Crippen LogP contribution >= 0.6 is 11.8 Å². The highest BCUT2D eigenvalue weighted by molar-refractivity contribution is 8.00. The van der Waals surface area contributed by atoms with Crippen molar-refractivity contribution in [1.82, 2.24) is 0 Å². The van der Waals surface area contributed by atoms with Gasteiger partial charge in [0.25, 0.3) is 0 Å². The van der Waals surface area contributed by atoms with Gasteiger partial charge in [-0.25, -0.2) is 0 Å². The minimum Gasteiger partial charge on any atom is -0.457 e. The van der Waals surface area contributed by atoms with Crippen molar-refractivity contribution in [2.75, 3.05) is 5.48 Å². The molecule has 2 rings (SSSR count). The standard InChI is InChI=1S/C14H12F3NO2S/c1-9-8-10(18-19)2-7-13(9)20-11-3-5-12(6-4-11)21-14(15,16)17/h2-8,18-19H,1H3. The summed E-state index contributed by atoms with van der Waals surface area (Å²) in [7, 11) is 0. The Morgan fingerprint density at radius 2 is 1.76 bits per heavy atom. The smallest absolute Gasteiger partial charge is 0.446 e. The van der Waals surface area contributed by atoms with E-state index in [9.17, 15) is 13.2 Å². The van der Waals surface area contributed by atoms with Gasteiger partial charge < -0.3 is 4.74 Å². The molecule has 112 valence electrons. The van der Waals surface area contributed by atoms with Crippen molar-refractivity contribution in [3.63, 3.8) is 0 Å². The molecule has 2 aromatic carbocycles. The molecule has 0 atom stereocenters. The summed E-state index contributed by atoms with van der Waals surface area (Å²) >= 11 is -0.168. The molecule has 0 saturated carbocycles. The van der Waals surface area contributed by atoms with Gasteiger partial charge in [-0.3, -0.25) is 10.7 Å². The SMILES string of the molecule is Cc1cc(NO)ccc1Oc1ccc(SC(F)(F)F)cc1. The molecule has 0 spiro atoms. The lowest BCUT2D eigenvalue weighted by atomic mass is 10.2. The zero-order chi connectivity index (χ0) is 15.5. The Morgan fingerprint density at radius 3 is 2.29 bits per heavy atom. The van der Waals surface area contributed by atoms with E-state index in [0.717, 1.165) is 5.56 Å². The molecule has 0 aromatic heterocycles. The fraction of sp³-hybridized carbons (Fsp3) is 0.143. The number of benzene rings is 2. The molecule has 7 heteroatoms. The Kier molecular flexibility index (Phi) is 4.64. The van der Waals surface area contributed by atoms with Crippen molar-refractivity contribution >= 4 is 17.4 Å². The highest BCUT2D eigenvalue weighted by Crippen LogP contribution is 2.37. The molecule has 0 radical (unpaired) electrons. The Bertz CT molecular complexity index is 615. The van der Waals surface area contributed by atoms with Crippen molar-refractivity contribution in [1.29, 1.82) is 0 Å². The zero-order valence-corrected chi connectivity index (χ0v) is 11.8. The van der Waals surface area contributed by atoms with E-state index in [-0.39, 0.29) is 16.7 Å². The predicted molar refractivity (Wildman–Crippen MR) is 75.0 cm³/mol. The van der Waals surface area contributed by atoms with Gasteiger partial charge in [-0.1, -0.05) is 0 Å². The topological polar surface area (TPSA) is 41.5 Å². The van der Waals surface area contributed by atoms with Crippen LogP contribution < -0.4 is 10.2 Å². The molecule has 0 fully saturated rings. The van der Waals surface area contributed by atoms with E-state index in [1.165, 1.54) is 24.3 Å². The number of anilines is 1. The highest BCUT2D eigenvalue weighted by atomic mass is 32.2. The third-order valence-corrected chi connectivity index (χ3v) is 3.33. The first-order valence-corrected chi connectivity index (χ1v) is 6.73. The van der Waals surface area contributed by atoms with Gasteiger partial charge in [0.05, 0.1) is 5.69 Å². The van der Waals surface area contributed by atoms with Crippen LogP contribution in [0.4, 0.5) is 18.9 Å². The molecule has 2 N–H and O–H groups in total. The van der Waals surface area contributed by atoms with E-state index in [1.54, 1.807) is 25.1 Å². The lowest BCUT2D eigenvalue weighted by Gasteiger charge is -2.11. The average molecular weight is 315 g/mol. The maximum Gasteiger partial charge on any atom is 0.446 e. The molecule has 3 nitrogen and oxygen atoms in total. The van der Waals surface area contributed by atoms with Crippen molar-refractivity contribution in [3.05, 3.63) is 48.0 Å². The summed E-state index contributed by atoms with van der Waals surface area (Å²) < 4.78 is 42.2. The van der Waals surface area contributed by atoms with Gasteiger partial charge in [-0.15, -0.1) is 0 Å². The van der Waals surface area contributed by atoms with Crippen LogP contribution in [0.1, 0.15) is 5.56 Å². The van der Waals surface area contributed by atoms with Gasteiger partial charge in [0.15, 0.2) is 0 Å². The maximum absolute atomic E-state index is 12.2. The van der Waals surface area contributed by atoms with Crippen molar-refractivity contribution < 1.29 is 23.1 Å². The Hall–Kier alpha value is -1.86. The quantitative estimate of drug-likeness (QED) is 0.601. The molecule has 0 unspecified atom stereocenters. The Labute approximate surface area is 123 Å². The number of aryl methyl sites for hydroxylation is 1. The first kappa shape index (κ1) is 15.5. The summed E-state index contributed by atoms with van der Waals surface area (Å²) in [5, 5.41) is 8.78. The van der Waals surface area contributed by atoms with Crippen molar-refractivity contribution in [2.45, 2.75) is 17.3 Å². The minimum absolute atomic E-state index is 0.103. The number of rotatable bonds is 4. The summed E-state index contributed by atoms with van der Waals surface area (Å²) in [4.78, 5) is 0.103. The predicted octanol–water partition coefficient (Wildman–Crippen LogP) is 5.20. The molecule has 2 aromatic rings. The number of nitrogens with one attached hydrogen (secondary N) is 1. The Morgan fingerprint density at radius 1 is 1.10 bits per heavy atom. The largest absolute Gasteiger partial charge is 0.457 e. The van der Waals surface area contributed by atoms with E-state index >= 15 is 0 Å². The van der Waals surface area contributed by atoms with Crippen molar-refractivity contribution in [2.24, 2.45) is 0 Å². The normalized spacial score (nSPS) is 11.3. The van der Waals surface area contributed by atoms with Crippen molar-refractivity contribution in [3.8, 4) is 11.5 Å². The van der Waals surface area contributed by atoms with Crippen LogP contribution in [0.3, 0.4) is 0 Å². The van der Waals surface area contributed by atoms with Gasteiger partial charge in [-0.05, 0) is 66.7 Å². The van der Waals surface area contributed by atoms with Crippen LogP contribution in [0.25, 0.3) is 0 Å². The maximum atomic E-state index is 12.2. The second kappa shape index (κ2) is 6.28. The van der Waals surface area contributed by atoms with Gasteiger partial charge >= 0.3 is 5.51 Å². The van der Waals surface area contributed by atoms with Gasteiger partial charge in [0.1, 0.15) is 11.5 Å². The van der Waals surface area contributed by atoms with Crippen LogP contribution in [0.15, 0.2) is 47.4 Å². The number of thioether (sulfide) groups is 1. The average Bonchev–Trinajstić information content (AvgIpc) is 2.41. The summed E-state index contributed by atoms with van der Waals surface area (Å²) in [6.07, 6.45) is 0. The monoisotopic (exact) mass is 315 g/mol. The third kappa shape index (κ3) is 4.57. The molecule has 0 amide bonds. The van der Waals surface area contributed by atoms with Crippen LogP contribution in [0.2, 0.25) is 0 Å². The molecule has 0 bridgehead atoms. The van der Waals surface area contributed by atoms with E-state index in [2.05, 4.69) is 0 Å². The molecular weight excluding hydrogens is 303 g/mol. The highest BCUT2D eigenvalue weighted by Gasteiger charge is 2.29. The van der Waals surface area contributed by atoms with Crippen LogP contribution in [0.5, 0.6) is 11.5 Å². The minimum atomic E-state index is -4.30.